The Morgan fingerprint density at radius 1 is 1.32 bits per heavy atom. The van der Waals surface area contributed by atoms with Gasteiger partial charge in [-0.05, 0) is 36.8 Å². The number of guanidine groups is 1. The molecule has 1 unspecified atom stereocenters. The van der Waals surface area contributed by atoms with Gasteiger partial charge in [0.15, 0.2) is 5.96 Å². The lowest BCUT2D eigenvalue weighted by atomic mass is 10.2. The quantitative estimate of drug-likeness (QED) is 0.638. The number of nitrogens with one attached hydrogen (secondary N) is 2. The third-order valence-electron chi connectivity index (χ3n) is 4.33. The van der Waals surface area contributed by atoms with E-state index in [2.05, 4.69) is 31.6 Å². The number of hydrogen-bond donors (Lipinski definition) is 2. The maximum absolute atomic E-state index is 6.10. The fraction of sp³-hybridized carbons (Fsp3) is 0.368. The van der Waals surface area contributed by atoms with Crippen LogP contribution >= 0.6 is 11.6 Å². The van der Waals surface area contributed by atoms with Crippen LogP contribution in [0.5, 0.6) is 0 Å². The summed E-state index contributed by atoms with van der Waals surface area (Å²) < 4.78 is 0. The molecule has 1 aromatic heterocycles. The van der Waals surface area contributed by atoms with E-state index in [0.29, 0.717) is 6.04 Å². The number of hydrogen-bond acceptors (Lipinski definition) is 3. The normalized spacial score (nSPS) is 17.6. The molecule has 2 heterocycles. The van der Waals surface area contributed by atoms with E-state index in [4.69, 9.17) is 11.6 Å². The minimum atomic E-state index is 0.375. The second kappa shape index (κ2) is 8.72. The highest BCUT2D eigenvalue weighted by atomic mass is 35.5. The van der Waals surface area contributed by atoms with Crippen LogP contribution in [0.4, 0.5) is 5.69 Å². The molecule has 0 bridgehead atoms. The second-order valence-corrected chi connectivity index (χ2v) is 6.56. The summed E-state index contributed by atoms with van der Waals surface area (Å²) in [6.45, 7) is 2.77. The molecule has 132 valence electrons. The zero-order valence-corrected chi connectivity index (χ0v) is 15.2. The molecule has 1 atom stereocenters. The fourth-order valence-corrected chi connectivity index (χ4v) is 3.21. The summed E-state index contributed by atoms with van der Waals surface area (Å²) in [5.41, 5.74) is 2.26. The Hall–Kier alpha value is -2.27. The minimum Gasteiger partial charge on any atom is -0.369 e. The van der Waals surface area contributed by atoms with Crippen LogP contribution in [0.1, 0.15) is 12.1 Å². The lowest BCUT2D eigenvalue weighted by molar-refractivity contribution is 0.647. The van der Waals surface area contributed by atoms with Gasteiger partial charge in [-0.2, -0.15) is 0 Å². The van der Waals surface area contributed by atoms with Gasteiger partial charge in [0, 0.05) is 61.7 Å². The third-order valence-corrected chi connectivity index (χ3v) is 4.56. The van der Waals surface area contributed by atoms with Gasteiger partial charge in [-0.25, -0.2) is 0 Å². The second-order valence-electron chi connectivity index (χ2n) is 6.13. The minimum absolute atomic E-state index is 0.375. The maximum Gasteiger partial charge on any atom is 0.191 e. The number of benzene rings is 1. The van der Waals surface area contributed by atoms with Crippen LogP contribution in [0.15, 0.2) is 53.7 Å². The van der Waals surface area contributed by atoms with Crippen LogP contribution in [0, 0.1) is 0 Å². The van der Waals surface area contributed by atoms with E-state index in [-0.39, 0.29) is 0 Å². The zero-order chi connectivity index (χ0) is 17.5. The number of halogens is 1. The fourth-order valence-electron chi connectivity index (χ4n) is 3.03. The Kier molecular flexibility index (Phi) is 6.12. The molecule has 0 saturated carbocycles. The van der Waals surface area contributed by atoms with E-state index < -0.39 is 0 Å². The van der Waals surface area contributed by atoms with Crippen LogP contribution < -0.4 is 15.5 Å². The van der Waals surface area contributed by atoms with Crippen molar-refractivity contribution in [2.24, 2.45) is 4.99 Å². The van der Waals surface area contributed by atoms with Gasteiger partial charge in [-0.1, -0.05) is 23.7 Å². The van der Waals surface area contributed by atoms with Crippen molar-refractivity contribution in [1.82, 2.24) is 15.6 Å². The van der Waals surface area contributed by atoms with E-state index in [1.807, 2.05) is 42.6 Å². The van der Waals surface area contributed by atoms with Crippen LogP contribution in [0.25, 0.3) is 0 Å². The lowest BCUT2D eigenvalue weighted by Gasteiger charge is -2.20. The average Bonchev–Trinajstić information content (AvgIpc) is 3.10. The van der Waals surface area contributed by atoms with Gasteiger partial charge in [-0.3, -0.25) is 9.98 Å². The Bertz CT molecular complexity index is 704. The Labute approximate surface area is 154 Å². The zero-order valence-electron chi connectivity index (χ0n) is 14.5. The summed E-state index contributed by atoms with van der Waals surface area (Å²) in [7, 11) is 1.81. The number of rotatable bonds is 5. The molecule has 0 spiro atoms. The first kappa shape index (κ1) is 17.5. The third kappa shape index (κ3) is 5.10. The molecule has 2 aromatic rings. The van der Waals surface area contributed by atoms with Gasteiger partial charge in [0.1, 0.15) is 0 Å². The van der Waals surface area contributed by atoms with Gasteiger partial charge >= 0.3 is 0 Å². The summed E-state index contributed by atoms with van der Waals surface area (Å²) in [6.07, 6.45) is 3.78. The van der Waals surface area contributed by atoms with Crippen LogP contribution in [-0.2, 0) is 6.42 Å². The van der Waals surface area contributed by atoms with Crippen LogP contribution in [-0.4, -0.2) is 43.7 Å². The molecular formula is C19H24ClN5. The van der Waals surface area contributed by atoms with Gasteiger partial charge in [0.25, 0.3) is 0 Å². The molecule has 0 aliphatic carbocycles. The average molecular weight is 358 g/mol. The number of nitrogens with zero attached hydrogens (tertiary/aromatic N) is 3. The van der Waals surface area contributed by atoms with Crippen molar-refractivity contribution >= 4 is 23.2 Å². The highest BCUT2D eigenvalue weighted by molar-refractivity contribution is 6.30. The highest BCUT2D eigenvalue weighted by Crippen LogP contribution is 2.23. The van der Waals surface area contributed by atoms with E-state index in [9.17, 15) is 0 Å². The largest absolute Gasteiger partial charge is 0.369 e. The maximum atomic E-state index is 6.10. The van der Waals surface area contributed by atoms with Crippen molar-refractivity contribution in [3.63, 3.8) is 0 Å². The molecule has 1 aliphatic heterocycles. The first-order valence-corrected chi connectivity index (χ1v) is 9.00. The number of pyridine rings is 1. The van der Waals surface area contributed by atoms with Crippen molar-refractivity contribution in [3.8, 4) is 0 Å². The molecule has 2 N–H and O–H groups in total. The van der Waals surface area contributed by atoms with Crippen molar-refractivity contribution < 1.29 is 0 Å². The van der Waals surface area contributed by atoms with E-state index in [0.717, 1.165) is 49.2 Å². The summed E-state index contributed by atoms with van der Waals surface area (Å²) in [4.78, 5) is 11.0. The summed E-state index contributed by atoms with van der Waals surface area (Å²) in [5, 5.41) is 7.66. The first-order valence-electron chi connectivity index (χ1n) is 8.62. The monoisotopic (exact) mass is 357 g/mol. The predicted molar refractivity (Wildman–Crippen MR) is 105 cm³/mol. The number of anilines is 1. The van der Waals surface area contributed by atoms with Crippen LogP contribution in [0.3, 0.4) is 0 Å². The van der Waals surface area contributed by atoms with E-state index >= 15 is 0 Å². The summed E-state index contributed by atoms with van der Waals surface area (Å²) in [5.74, 6) is 0.842. The molecule has 6 heteroatoms. The molecule has 1 fully saturated rings. The molecule has 1 aliphatic rings. The molecule has 3 rings (SSSR count). The highest BCUT2D eigenvalue weighted by Gasteiger charge is 2.23. The first-order chi connectivity index (χ1) is 12.2. The molecule has 0 radical (unpaired) electrons. The molecule has 5 nitrogen and oxygen atoms in total. The number of aromatic nitrogens is 1. The van der Waals surface area contributed by atoms with Crippen LogP contribution in [0.2, 0.25) is 5.02 Å². The number of aliphatic imine (C=N–C) groups is 1. The topological polar surface area (TPSA) is 52.6 Å². The standard InChI is InChI=1S/C19H24ClN5/c1-21-19(23-11-8-16-6-2-3-10-22-16)24-17-9-12-25(14-17)18-7-4-5-15(20)13-18/h2-7,10,13,17H,8-9,11-12,14H2,1H3,(H2,21,23,24). The van der Waals surface area contributed by atoms with Crippen molar-refractivity contribution in [2.75, 3.05) is 31.6 Å². The van der Waals surface area contributed by atoms with E-state index in [1.54, 1.807) is 7.05 Å². The van der Waals surface area contributed by atoms with Gasteiger partial charge in [0.05, 0.1) is 0 Å². The predicted octanol–water partition coefficient (Wildman–Crippen LogP) is 2.72. The molecule has 25 heavy (non-hydrogen) atoms. The Morgan fingerprint density at radius 3 is 3.00 bits per heavy atom. The summed E-state index contributed by atoms with van der Waals surface area (Å²) >= 11 is 6.10. The summed E-state index contributed by atoms with van der Waals surface area (Å²) in [6, 6.07) is 14.4. The molecular weight excluding hydrogens is 334 g/mol. The van der Waals surface area contributed by atoms with Gasteiger partial charge < -0.3 is 15.5 Å². The smallest absolute Gasteiger partial charge is 0.191 e. The Morgan fingerprint density at radius 2 is 2.24 bits per heavy atom. The lowest BCUT2D eigenvalue weighted by Crippen LogP contribution is -2.45. The van der Waals surface area contributed by atoms with Crippen molar-refractivity contribution in [2.45, 2.75) is 18.9 Å². The molecule has 1 aromatic carbocycles. The van der Waals surface area contributed by atoms with E-state index in [1.165, 1.54) is 5.69 Å². The van der Waals surface area contributed by atoms with Gasteiger partial charge in [0.2, 0.25) is 0 Å². The molecule has 1 saturated heterocycles. The molecule has 0 amide bonds. The van der Waals surface area contributed by atoms with Crippen molar-refractivity contribution in [1.29, 1.82) is 0 Å². The van der Waals surface area contributed by atoms with Gasteiger partial charge in [-0.15, -0.1) is 0 Å². The Balaban J connectivity index is 1.46. The SMILES string of the molecule is CN=C(NCCc1ccccn1)NC1CCN(c2cccc(Cl)c2)C1. The van der Waals surface area contributed by atoms with Crippen molar-refractivity contribution in [3.05, 3.63) is 59.4 Å².